The van der Waals surface area contributed by atoms with Crippen LogP contribution >= 0.6 is 0 Å². The molecule has 5 nitrogen and oxygen atoms in total. The Morgan fingerprint density at radius 2 is 1.92 bits per heavy atom. The average Bonchev–Trinajstić information content (AvgIpc) is 2.85. The molecule has 5 heteroatoms. The molecule has 25 heavy (non-hydrogen) atoms. The Labute approximate surface area is 146 Å². The van der Waals surface area contributed by atoms with Gasteiger partial charge in [-0.2, -0.15) is 0 Å². The predicted octanol–water partition coefficient (Wildman–Crippen LogP) is 3.60. The molecule has 1 amide bonds. The summed E-state index contributed by atoms with van der Waals surface area (Å²) in [6.45, 7) is 7.72. The number of aryl methyl sites for hydroxylation is 1. The molecule has 2 aliphatic rings. The molecule has 130 valence electrons. The Morgan fingerprint density at radius 3 is 2.56 bits per heavy atom. The van der Waals surface area contributed by atoms with Crippen molar-refractivity contribution in [3.05, 3.63) is 36.0 Å². The molecule has 2 bridgehead atoms. The van der Waals surface area contributed by atoms with E-state index in [1.54, 1.807) is 0 Å². The van der Waals surface area contributed by atoms with E-state index in [1.807, 2.05) is 58.0 Å². The van der Waals surface area contributed by atoms with Gasteiger partial charge in [-0.3, -0.25) is 14.6 Å². The van der Waals surface area contributed by atoms with Crippen molar-refractivity contribution in [3.63, 3.8) is 0 Å². The first-order valence-electron chi connectivity index (χ1n) is 8.63. The van der Waals surface area contributed by atoms with Crippen LogP contribution < -0.4 is 5.32 Å². The topological polar surface area (TPSA) is 68.3 Å². The maximum atomic E-state index is 13.2. The number of amides is 1. The number of rotatable bonds is 2. The zero-order valence-corrected chi connectivity index (χ0v) is 15.0. The summed E-state index contributed by atoms with van der Waals surface area (Å²) in [7, 11) is 0. The van der Waals surface area contributed by atoms with Gasteiger partial charge in [-0.25, -0.2) is 0 Å². The molecule has 1 aromatic carbocycles. The number of ether oxygens (including phenoxy) is 1. The van der Waals surface area contributed by atoms with Crippen molar-refractivity contribution in [1.29, 1.82) is 0 Å². The van der Waals surface area contributed by atoms with E-state index in [0.717, 1.165) is 16.6 Å². The highest BCUT2D eigenvalue weighted by molar-refractivity contribution is 6.07. The van der Waals surface area contributed by atoms with E-state index in [4.69, 9.17) is 4.74 Å². The summed E-state index contributed by atoms with van der Waals surface area (Å²) in [6.07, 6.45) is 1.22. The Kier molecular flexibility index (Phi) is 3.09. The van der Waals surface area contributed by atoms with Gasteiger partial charge in [0.2, 0.25) is 0 Å². The third-order valence-electron chi connectivity index (χ3n) is 6.54. The number of aromatic nitrogens is 1. The second-order valence-electron chi connectivity index (χ2n) is 7.96. The van der Waals surface area contributed by atoms with Crippen LogP contribution in [0.25, 0.3) is 10.9 Å². The molecule has 0 spiro atoms. The minimum Gasteiger partial charge on any atom is -0.448 e. The lowest BCUT2D eigenvalue weighted by molar-refractivity contribution is -0.165. The monoisotopic (exact) mass is 338 g/mol. The third-order valence-corrected chi connectivity index (χ3v) is 6.54. The predicted molar refractivity (Wildman–Crippen MR) is 95.1 cm³/mol. The number of nitrogens with zero attached hydrogens (tertiary/aromatic N) is 1. The molecule has 1 aliphatic carbocycles. The molecule has 4 rings (SSSR count). The molecule has 2 unspecified atom stereocenters. The van der Waals surface area contributed by atoms with E-state index < -0.39 is 16.4 Å². The van der Waals surface area contributed by atoms with Crippen molar-refractivity contribution in [2.75, 3.05) is 5.32 Å². The number of carbonyl (C=O) groups is 2. The van der Waals surface area contributed by atoms with Gasteiger partial charge in [0.15, 0.2) is 5.60 Å². The first-order chi connectivity index (χ1) is 11.7. The van der Waals surface area contributed by atoms with Crippen molar-refractivity contribution in [1.82, 2.24) is 4.98 Å². The van der Waals surface area contributed by atoms with Gasteiger partial charge in [-0.15, -0.1) is 0 Å². The maximum Gasteiger partial charge on any atom is 0.313 e. The summed E-state index contributed by atoms with van der Waals surface area (Å²) >= 11 is 0. The van der Waals surface area contributed by atoms with E-state index in [9.17, 15) is 9.59 Å². The lowest BCUT2D eigenvalue weighted by atomic mass is 9.66. The molecule has 1 saturated carbocycles. The molecular weight excluding hydrogens is 316 g/mol. The van der Waals surface area contributed by atoms with Crippen LogP contribution in [-0.4, -0.2) is 22.5 Å². The normalized spacial score (nSPS) is 29.7. The Morgan fingerprint density at radius 1 is 1.20 bits per heavy atom. The van der Waals surface area contributed by atoms with E-state index in [-0.39, 0.29) is 11.9 Å². The molecular formula is C20H22N2O3. The number of fused-ring (bicyclic) bond motifs is 3. The molecule has 1 aliphatic heterocycles. The number of esters is 1. The number of pyridine rings is 1. The number of nitrogens with one attached hydrogen (secondary N) is 1. The SMILES string of the molecule is Cc1cc(NC(=O)C23CCC(C)(C(=O)O2)C3(C)C)c2ccccc2n1. The Balaban J connectivity index is 1.76. The summed E-state index contributed by atoms with van der Waals surface area (Å²) in [6, 6.07) is 9.54. The maximum absolute atomic E-state index is 13.2. The van der Waals surface area contributed by atoms with Crippen LogP contribution in [-0.2, 0) is 14.3 Å². The standard InChI is InChI=1S/C20H22N2O3/c1-12-11-15(13-7-5-6-8-14(13)21-12)22-16(23)20-10-9-19(4,17(24)25-20)18(20,2)3/h5-8,11H,9-10H2,1-4H3,(H,21,22,23). The summed E-state index contributed by atoms with van der Waals surface area (Å²) in [5, 5.41) is 3.90. The van der Waals surface area contributed by atoms with Crippen molar-refractivity contribution in [2.45, 2.75) is 46.1 Å². The fourth-order valence-corrected chi connectivity index (χ4v) is 4.38. The minimum absolute atomic E-state index is 0.247. The van der Waals surface area contributed by atoms with Gasteiger partial charge in [0.1, 0.15) is 0 Å². The number of hydrogen-bond donors (Lipinski definition) is 1. The summed E-state index contributed by atoms with van der Waals surface area (Å²) < 4.78 is 5.68. The molecule has 2 fully saturated rings. The lowest BCUT2D eigenvalue weighted by Crippen LogP contribution is -2.50. The number of hydrogen-bond acceptors (Lipinski definition) is 4. The van der Waals surface area contributed by atoms with Crippen molar-refractivity contribution in [3.8, 4) is 0 Å². The molecule has 1 saturated heterocycles. The highest BCUT2D eigenvalue weighted by Gasteiger charge is 2.75. The van der Waals surface area contributed by atoms with Crippen LogP contribution in [0.4, 0.5) is 5.69 Å². The van der Waals surface area contributed by atoms with Crippen LogP contribution in [0.15, 0.2) is 30.3 Å². The molecule has 1 N–H and O–H groups in total. The van der Waals surface area contributed by atoms with Gasteiger partial charge in [0.05, 0.1) is 16.6 Å². The van der Waals surface area contributed by atoms with Gasteiger partial charge in [0, 0.05) is 16.5 Å². The first kappa shape index (κ1) is 16.1. The van der Waals surface area contributed by atoms with Gasteiger partial charge >= 0.3 is 5.97 Å². The van der Waals surface area contributed by atoms with Gasteiger partial charge in [-0.1, -0.05) is 32.0 Å². The van der Waals surface area contributed by atoms with E-state index in [1.165, 1.54) is 0 Å². The van der Waals surface area contributed by atoms with Gasteiger partial charge in [-0.05, 0) is 38.8 Å². The van der Waals surface area contributed by atoms with E-state index in [0.29, 0.717) is 18.5 Å². The van der Waals surface area contributed by atoms with Crippen LogP contribution in [0, 0.1) is 17.8 Å². The second-order valence-corrected chi connectivity index (χ2v) is 7.96. The number of benzene rings is 1. The fourth-order valence-electron chi connectivity index (χ4n) is 4.38. The first-order valence-corrected chi connectivity index (χ1v) is 8.63. The van der Waals surface area contributed by atoms with Gasteiger partial charge in [0.25, 0.3) is 5.91 Å². The minimum atomic E-state index is -1.11. The Hall–Kier alpha value is -2.43. The highest BCUT2D eigenvalue weighted by Crippen LogP contribution is 2.65. The highest BCUT2D eigenvalue weighted by atomic mass is 16.6. The van der Waals surface area contributed by atoms with Gasteiger partial charge < -0.3 is 10.1 Å². The largest absolute Gasteiger partial charge is 0.448 e. The van der Waals surface area contributed by atoms with Crippen LogP contribution in [0.2, 0.25) is 0 Å². The number of carbonyl (C=O) groups excluding carboxylic acids is 2. The van der Waals surface area contributed by atoms with Crippen LogP contribution in [0.5, 0.6) is 0 Å². The summed E-state index contributed by atoms with van der Waals surface area (Å²) in [4.78, 5) is 30.1. The smallest absolute Gasteiger partial charge is 0.313 e. The fraction of sp³-hybridized carbons (Fsp3) is 0.450. The molecule has 0 radical (unpaired) electrons. The van der Waals surface area contributed by atoms with Crippen LogP contribution in [0.3, 0.4) is 0 Å². The van der Waals surface area contributed by atoms with Crippen molar-refractivity contribution in [2.24, 2.45) is 10.8 Å². The quantitative estimate of drug-likeness (QED) is 0.850. The lowest BCUT2D eigenvalue weighted by Gasteiger charge is -2.35. The summed E-state index contributed by atoms with van der Waals surface area (Å²) in [5.74, 6) is -0.516. The Bertz CT molecular complexity index is 920. The van der Waals surface area contributed by atoms with Crippen molar-refractivity contribution >= 4 is 28.5 Å². The second kappa shape index (κ2) is 4.81. The zero-order valence-electron chi connectivity index (χ0n) is 15.0. The average molecular weight is 338 g/mol. The van der Waals surface area contributed by atoms with E-state index >= 15 is 0 Å². The molecule has 2 aromatic rings. The van der Waals surface area contributed by atoms with Crippen LogP contribution in [0.1, 0.15) is 39.3 Å². The molecule has 2 atom stereocenters. The number of para-hydroxylation sites is 1. The van der Waals surface area contributed by atoms with E-state index in [2.05, 4.69) is 10.3 Å². The third kappa shape index (κ3) is 1.86. The molecule has 2 heterocycles. The zero-order chi connectivity index (χ0) is 18.0. The number of anilines is 1. The summed E-state index contributed by atoms with van der Waals surface area (Å²) in [5.41, 5.74) is 0.0750. The van der Waals surface area contributed by atoms with Crippen molar-refractivity contribution < 1.29 is 14.3 Å². The molecule has 1 aromatic heterocycles.